The van der Waals surface area contributed by atoms with E-state index in [1.54, 1.807) is 6.08 Å². The highest BCUT2D eigenvalue weighted by molar-refractivity contribution is 14.1. The summed E-state index contributed by atoms with van der Waals surface area (Å²) in [5.41, 5.74) is 1.17. The summed E-state index contributed by atoms with van der Waals surface area (Å²) in [5, 5.41) is 0. The molecule has 3 nitrogen and oxygen atoms in total. The van der Waals surface area contributed by atoms with Crippen LogP contribution in [0.2, 0.25) is 0 Å². The molecule has 4 heteroatoms. The van der Waals surface area contributed by atoms with Crippen LogP contribution in [-0.4, -0.2) is 19.2 Å². The number of cyclic esters (lactones) is 1. The highest BCUT2D eigenvalue weighted by Crippen LogP contribution is 2.18. The Morgan fingerprint density at radius 3 is 3.06 bits per heavy atom. The van der Waals surface area contributed by atoms with Gasteiger partial charge in [0, 0.05) is 12.8 Å². The minimum atomic E-state index is -0.366. The Balaban J connectivity index is 2.51. The number of carbonyl (C=O) groups is 1. The third-order valence-corrected chi connectivity index (χ3v) is 2.65. The lowest BCUT2D eigenvalue weighted by atomic mass is 10.1. The van der Waals surface area contributed by atoms with Crippen molar-refractivity contribution in [2.45, 2.75) is 25.9 Å². The molecule has 88 valence electrons. The van der Waals surface area contributed by atoms with Gasteiger partial charge in [0.05, 0.1) is 7.11 Å². The molecule has 0 aromatic rings. The van der Waals surface area contributed by atoms with Gasteiger partial charge < -0.3 is 9.47 Å². The molecule has 0 N–H and O–H groups in total. The van der Waals surface area contributed by atoms with Crippen LogP contribution in [0.4, 0.5) is 0 Å². The molecule has 0 radical (unpaired) electrons. The maximum Gasteiger partial charge on any atom is 0.373 e. The first-order valence-corrected chi connectivity index (χ1v) is 6.30. The number of halogens is 1. The molecule has 0 spiro atoms. The molecule has 0 aromatic carbocycles. The van der Waals surface area contributed by atoms with Crippen LogP contribution in [0.5, 0.6) is 0 Å². The van der Waals surface area contributed by atoms with Crippen LogP contribution in [0.3, 0.4) is 0 Å². The van der Waals surface area contributed by atoms with Gasteiger partial charge in [0.25, 0.3) is 0 Å². The Labute approximate surface area is 109 Å². The molecule has 0 unspecified atom stereocenters. The molecule has 0 saturated heterocycles. The van der Waals surface area contributed by atoms with E-state index in [2.05, 4.69) is 28.7 Å². The smallest absolute Gasteiger partial charge is 0.373 e. The maximum absolute atomic E-state index is 11.4. The average molecular weight is 334 g/mol. The van der Waals surface area contributed by atoms with Crippen molar-refractivity contribution in [3.63, 3.8) is 0 Å². The van der Waals surface area contributed by atoms with Crippen LogP contribution >= 0.6 is 22.6 Å². The normalized spacial score (nSPS) is 21.9. The molecule has 0 amide bonds. The fourth-order valence-electron chi connectivity index (χ4n) is 1.38. The van der Waals surface area contributed by atoms with Gasteiger partial charge in [0.2, 0.25) is 0 Å². The topological polar surface area (TPSA) is 35.5 Å². The van der Waals surface area contributed by atoms with E-state index in [1.807, 2.05) is 17.1 Å². The minimum absolute atomic E-state index is 0.0658. The zero-order valence-corrected chi connectivity index (χ0v) is 11.6. The van der Waals surface area contributed by atoms with Crippen molar-refractivity contribution >= 4 is 28.6 Å². The van der Waals surface area contributed by atoms with E-state index in [4.69, 9.17) is 9.47 Å². The van der Waals surface area contributed by atoms with Gasteiger partial charge in [-0.3, -0.25) is 0 Å². The van der Waals surface area contributed by atoms with E-state index in [-0.39, 0.29) is 12.1 Å². The van der Waals surface area contributed by atoms with Crippen LogP contribution in [0.25, 0.3) is 0 Å². The molecule has 16 heavy (non-hydrogen) atoms. The molecule has 1 heterocycles. The van der Waals surface area contributed by atoms with Crippen LogP contribution in [0, 0.1) is 0 Å². The lowest BCUT2D eigenvalue weighted by Crippen LogP contribution is -2.23. The molecule has 1 aliphatic rings. The molecule has 1 atom stereocenters. The third-order valence-electron chi connectivity index (χ3n) is 2.29. The standard InChI is InChI=1S/C12H15IO3/c1-9(7-8-13)3-4-10-5-6-11(15-2)12(14)16-10/h3,6-8,10H,4-5H2,1-2H3/b8-7-,9-3+/t10-/m1/s1. The van der Waals surface area contributed by atoms with Gasteiger partial charge >= 0.3 is 5.97 Å². The first-order chi connectivity index (χ1) is 7.67. The summed E-state index contributed by atoms with van der Waals surface area (Å²) in [6.45, 7) is 2.02. The Hall–Kier alpha value is -0.780. The van der Waals surface area contributed by atoms with E-state index in [0.29, 0.717) is 12.2 Å². The molecule has 0 bridgehead atoms. The largest absolute Gasteiger partial charge is 0.490 e. The number of ether oxygens (including phenoxy) is 2. The van der Waals surface area contributed by atoms with Gasteiger partial charge in [0.1, 0.15) is 6.10 Å². The van der Waals surface area contributed by atoms with Gasteiger partial charge in [-0.05, 0) is 17.1 Å². The molecule has 1 rings (SSSR count). The highest BCUT2D eigenvalue weighted by atomic mass is 127. The zero-order valence-electron chi connectivity index (χ0n) is 9.40. The second-order valence-corrected chi connectivity index (χ2v) is 4.23. The van der Waals surface area contributed by atoms with Crippen LogP contribution in [-0.2, 0) is 14.3 Å². The second kappa shape index (κ2) is 6.73. The fraction of sp³-hybridized carbons (Fsp3) is 0.417. The number of esters is 1. The monoisotopic (exact) mass is 334 g/mol. The number of allylic oxidation sites excluding steroid dienone is 2. The number of rotatable bonds is 4. The predicted molar refractivity (Wildman–Crippen MR) is 71.1 cm³/mol. The molecular weight excluding hydrogens is 319 g/mol. The Bertz CT molecular complexity index is 342. The number of carbonyl (C=O) groups excluding carboxylic acids is 1. The van der Waals surface area contributed by atoms with E-state index in [1.165, 1.54) is 12.7 Å². The molecule has 0 aliphatic carbocycles. The molecule has 0 fully saturated rings. The summed E-state index contributed by atoms with van der Waals surface area (Å²) >= 11 is 2.17. The van der Waals surface area contributed by atoms with Gasteiger partial charge in [-0.1, -0.05) is 40.3 Å². The first kappa shape index (κ1) is 13.3. The van der Waals surface area contributed by atoms with Crippen molar-refractivity contribution < 1.29 is 14.3 Å². The van der Waals surface area contributed by atoms with Crippen molar-refractivity contribution in [2.24, 2.45) is 0 Å². The molecular formula is C12H15IO3. The second-order valence-electron chi connectivity index (χ2n) is 3.51. The SMILES string of the molecule is COC1=CC[C@@H](C/C=C(C)/C=C\I)OC1=O. The van der Waals surface area contributed by atoms with E-state index >= 15 is 0 Å². The third kappa shape index (κ3) is 4.00. The van der Waals surface area contributed by atoms with Crippen LogP contribution < -0.4 is 0 Å². The van der Waals surface area contributed by atoms with Gasteiger partial charge in [-0.15, -0.1) is 0 Å². The minimum Gasteiger partial charge on any atom is -0.490 e. The summed E-state index contributed by atoms with van der Waals surface area (Å²) in [4.78, 5) is 11.4. The van der Waals surface area contributed by atoms with Crippen molar-refractivity contribution in [1.82, 2.24) is 0 Å². The summed E-state index contributed by atoms with van der Waals surface area (Å²) in [7, 11) is 1.47. The van der Waals surface area contributed by atoms with Crippen LogP contribution in [0.1, 0.15) is 19.8 Å². The predicted octanol–water partition coefficient (Wildman–Crippen LogP) is 3.12. The van der Waals surface area contributed by atoms with Crippen molar-refractivity contribution in [3.8, 4) is 0 Å². The van der Waals surface area contributed by atoms with Gasteiger partial charge in [0.15, 0.2) is 5.76 Å². The van der Waals surface area contributed by atoms with Crippen molar-refractivity contribution in [3.05, 3.63) is 33.6 Å². The Morgan fingerprint density at radius 2 is 2.50 bits per heavy atom. The number of hydrogen-bond acceptors (Lipinski definition) is 3. The van der Waals surface area contributed by atoms with Crippen LogP contribution in [0.15, 0.2) is 33.6 Å². The van der Waals surface area contributed by atoms with E-state index < -0.39 is 0 Å². The number of methoxy groups -OCH3 is 1. The Kier molecular flexibility index (Phi) is 5.59. The highest BCUT2D eigenvalue weighted by Gasteiger charge is 2.22. The van der Waals surface area contributed by atoms with E-state index in [9.17, 15) is 4.79 Å². The quantitative estimate of drug-likeness (QED) is 0.450. The maximum atomic E-state index is 11.4. The summed E-state index contributed by atoms with van der Waals surface area (Å²) in [6, 6.07) is 0. The average Bonchev–Trinajstić information content (AvgIpc) is 2.27. The summed E-state index contributed by atoms with van der Waals surface area (Å²) < 4.78 is 12.0. The van der Waals surface area contributed by atoms with E-state index in [0.717, 1.165) is 6.42 Å². The van der Waals surface area contributed by atoms with Gasteiger partial charge in [-0.2, -0.15) is 0 Å². The molecule has 1 aliphatic heterocycles. The zero-order chi connectivity index (χ0) is 12.0. The Morgan fingerprint density at radius 1 is 1.75 bits per heavy atom. The fourth-order valence-corrected chi connectivity index (χ4v) is 1.94. The summed E-state index contributed by atoms with van der Waals surface area (Å²) in [5.74, 6) is -0.0571. The molecule has 0 aromatic heterocycles. The number of hydrogen-bond donors (Lipinski definition) is 0. The molecule has 0 saturated carbocycles. The summed E-state index contributed by atoms with van der Waals surface area (Å²) in [6.07, 6.45) is 7.26. The lowest BCUT2D eigenvalue weighted by Gasteiger charge is -2.20. The van der Waals surface area contributed by atoms with Gasteiger partial charge in [-0.25, -0.2) is 4.79 Å². The van der Waals surface area contributed by atoms with Crippen molar-refractivity contribution in [2.75, 3.05) is 7.11 Å². The lowest BCUT2D eigenvalue weighted by molar-refractivity contribution is -0.149. The van der Waals surface area contributed by atoms with Crippen molar-refractivity contribution in [1.29, 1.82) is 0 Å². The first-order valence-electron chi connectivity index (χ1n) is 5.06.